The summed E-state index contributed by atoms with van der Waals surface area (Å²) in [4.78, 5) is 26.4. The lowest BCUT2D eigenvalue weighted by molar-refractivity contribution is -0.145. The number of esters is 1. The number of fused-ring (bicyclic) bond motifs is 1. The zero-order chi connectivity index (χ0) is 21.9. The Hall–Kier alpha value is -3.03. The van der Waals surface area contributed by atoms with Gasteiger partial charge in [-0.25, -0.2) is 9.59 Å². The number of benzene rings is 2. The fraction of sp³-hybridized carbons (Fsp3) is 0.364. The van der Waals surface area contributed by atoms with E-state index in [1.54, 1.807) is 11.8 Å². The minimum atomic E-state index is -4.44. The number of nitrogens with zero attached hydrogens (tertiary/aromatic N) is 1. The lowest BCUT2D eigenvalue weighted by atomic mass is 9.88. The predicted octanol–water partition coefficient (Wildman–Crippen LogP) is 4.31. The molecule has 30 heavy (non-hydrogen) atoms. The normalized spacial score (nSPS) is 17.1. The zero-order valence-corrected chi connectivity index (χ0v) is 16.7. The van der Waals surface area contributed by atoms with Gasteiger partial charge in [0.25, 0.3) is 0 Å². The van der Waals surface area contributed by atoms with Crippen molar-refractivity contribution in [1.82, 2.24) is 10.2 Å². The highest BCUT2D eigenvalue weighted by Gasteiger charge is 2.35. The number of nitrogens with one attached hydrogen (secondary N) is 1. The van der Waals surface area contributed by atoms with Crippen LogP contribution in [0.1, 0.15) is 42.1 Å². The minimum absolute atomic E-state index is 0.199. The van der Waals surface area contributed by atoms with Crippen molar-refractivity contribution >= 4 is 12.0 Å². The Morgan fingerprint density at radius 2 is 1.83 bits per heavy atom. The summed E-state index contributed by atoms with van der Waals surface area (Å²) in [6.45, 7) is 3.77. The molecule has 0 fully saturated rings. The summed E-state index contributed by atoms with van der Waals surface area (Å²) in [6, 6.07) is 10.5. The first-order chi connectivity index (χ1) is 14.2. The summed E-state index contributed by atoms with van der Waals surface area (Å²) < 4.78 is 43.8. The van der Waals surface area contributed by atoms with Crippen LogP contribution in [0, 0.1) is 0 Å². The second-order valence-corrected chi connectivity index (χ2v) is 7.09. The maximum atomic E-state index is 13.0. The van der Waals surface area contributed by atoms with Gasteiger partial charge in [-0.2, -0.15) is 13.2 Å². The lowest BCUT2D eigenvalue weighted by Gasteiger charge is -2.38. The average molecular weight is 420 g/mol. The van der Waals surface area contributed by atoms with Crippen molar-refractivity contribution in [3.63, 3.8) is 0 Å². The number of amides is 2. The van der Waals surface area contributed by atoms with Crippen LogP contribution in [0.2, 0.25) is 0 Å². The Balaban J connectivity index is 1.92. The summed E-state index contributed by atoms with van der Waals surface area (Å²) in [7, 11) is 0. The van der Waals surface area contributed by atoms with Crippen molar-refractivity contribution in [3.05, 3.63) is 70.8 Å². The Morgan fingerprint density at radius 3 is 2.47 bits per heavy atom. The van der Waals surface area contributed by atoms with Gasteiger partial charge in [-0.05, 0) is 49.1 Å². The van der Waals surface area contributed by atoms with Gasteiger partial charge >= 0.3 is 18.2 Å². The highest BCUT2D eigenvalue weighted by molar-refractivity contribution is 5.84. The molecule has 1 heterocycles. The van der Waals surface area contributed by atoms with Gasteiger partial charge < -0.3 is 15.0 Å². The number of hydrogen-bond acceptors (Lipinski definition) is 3. The summed E-state index contributed by atoms with van der Waals surface area (Å²) in [5.74, 6) is -0.547. The van der Waals surface area contributed by atoms with Crippen LogP contribution in [-0.2, 0) is 22.1 Å². The number of carbonyl (C=O) groups is 2. The third-order valence-electron chi connectivity index (χ3n) is 5.08. The second kappa shape index (κ2) is 8.77. The molecule has 0 saturated carbocycles. The van der Waals surface area contributed by atoms with E-state index in [0.717, 1.165) is 23.3 Å². The summed E-state index contributed by atoms with van der Waals surface area (Å²) in [6.07, 6.45) is -3.83. The van der Waals surface area contributed by atoms with Crippen LogP contribution in [-0.4, -0.2) is 36.1 Å². The van der Waals surface area contributed by atoms with E-state index in [1.165, 1.54) is 19.1 Å². The molecule has 0 aromatic heterocycles. The van der Waals surface area contributed by atoms with E-state index >= 15 is 0 Å². The van der Waals surface area contributed by atoms with Crippen molar-refractivity contribution in [2.75, 3.05) is 13.2 Å². The quantitative estimate of drug-likeness (QED) is 0.750. The molecule has 1 N–H and O–H groups in total. The smallest absolute Gasteiger partial charge is 0.416 e. The van der Waals surface area contributed by atoms with E-state index in [9.17, 15) is 22.8 Å². The number of carbonyl (C=O) groups excluding carboxylic acids is 2. The molecule has 2 atom stereocenters. The molecule has 5 nitrogen and oxygen atoms in total. The third kappa shape index (κ3) is 4.58. The molecule has 2 aromatic carbocycles. The van der Waals surface area contributed by atoms with E-state index in [2.05, 4.69) is 5.32 Å². The van der Waals surface area contributed by atoms with Gasteiger partial charge in [0.1, 0.15) is 6.04 Å². The molecule has 0 bridgehead atoms. The summed E-state index contributed by atoms with van der Waals surface area (Å²) in [5, 5.41) is 2.63. The monoisotopic (exact) mass is 420 g/mol. The van der Waals surface area contributed by atoms with Crippen LogP contribution in [0.3, 0.4) is 0 Å². The van der Waals surface area contributed by atoms with E-state index in [-0.39, 0.29) is 6.61 Å². The van der Waals surface area contributed by atoms with Crippen molar-refractivity contribution in [2.24, 2.45) is 0 Å². The van der Waals surface area contributed by atoms with Crippen LogP contribution in [0.25, 0.3) is 0 Å². The first-order valence-electron chi connectivity index (χ1n) is 9.71. The van der Waals surface area contributed by atoms with Gasteiger partial charge in [-0.3, -0.25) is 0 Å². The summed E-state index contributed by atoms with van der Waals surface area (Å²) in [5.41, 5.74) is 1.70. The highest BCUT2D eigenvalue weighted by atomic mass is 19.4. The molecule has 1 aliphatic rings. The molecule has 160 valence electrons. The highest BCUT2D eigenvalue weighted by Crippen LogP contribution is 2.37. The van der Waals surface area contributed by atoms with Crippen molar-refractivity contribution in [2.45, 2.75) is 38.5 Å². The number of halogens is 3. The van der Waals surface area contributed by atoms with Crippen LogP contribution >= 0.6 is 0 Å². The molecule has 2 amide bonds. The fourth-order valence-electron chi connectivity index (χ4n) is 3.59. The SMILES string of the molecule is CCOC(=O)C(C)NC(=O)N1CCc2ccccc2[C@H]1c1ccc(C(F)(F)F)cc1. The van der Waals surface area contributed by atoms with Crippen LogP contribution in [0.4, 0.5) is 18.0 Å². The average Bonchev–Trinajstić information content (AvgIpc) is 2.72. The van der Waals surface area contributed by atoms with Gasteiger partial charge in [0.05, 0.1) is 18.2 Å². The molecule has 0 radical (unpaired) electrons. The van der Waals surface area contributed by atoms with Crippen LogP contribution in [0.15, 0.2) is 48.5 Å². The van der Waals surface area contributed by atoms with Gasteiger partial charge in [0.15, 0.2) is 0 Å². The topological polar surface area (TPSA) is 58.6 Å². The maximum absolute atomic E-state index is 13.0. The largest absolute Gasteiger partial charge is 0.464 e. The number of alkyl halides is 3. The number of urea groups is 1. The molecule has 0 saturated heterocycles. The fourth-order valence-corrected chi connectivity index (χ4v) is 3.59. The molecule has 0 spiro atoms. The number of rotatable bonds is 4. The van der Waals surface area contributed by atoms with E-state index in [0.29, 0.717) is 18.5 Å². The van der Waals surface area contributed by atoms with Gasteiger partial charge in [0, 0.05) is 6.54 Å². The molecular formula is C22H23F3N2O3. The number of ether oxygens (including phenoxy) is 1. The third-order valence-corrected chi connectivity index (χ3v) is 5.08. The van der Waals surface area contributed by atoms with Gasteiger partial charge in [-0.15, -0.1) is 0 Å². The summed E-state index contributed by atoms with van der Waals surface area (Å²) >= 11 is 0. The molecule has 2 aromatic rings. The van der Waals surface area contributed by atoms with E-state index in [1.807, 2.05) is 24.3 Å². The predicted molar refractivity (Wildman–Crippen MR) is 105 cm³/mol. The van der Waals surface area contributed by atoms with Gasteiger partial charge in [0.2, 0.25) is 0 Å². The molecule has 1 aliphatic heterocycles. The van der Waals surface area contributed by atoms with Crippen molar-refractivity contribution < 1.29 is 27.5 Å². The second-order valence-electron chi connectivity index (χ2n) is 7.09. The molecule has 3 rings (SSSR count). The lowest BCUT2D eigenvalue weighted by Crippen LogP contribution is -2.50. The first-order valence-corrected chi connectivity index (χ1v) is 9.71. The first kappa shape index (κ1) is 21.7. The molecular weight excluding hydrogens is 397 g/mol. The Bertz CT molecular complexity index is 913. The molecule has 1 unspecified atom stereocenters. The Labute approximate surface area is 172 Å². The zero-order valence-electron chi connectivity index (χ0n) is 16.7. The maximum Gasteiger partial charge on any atom is 0.416 e. The Kier molecular flexibility index (Phi) is 6.34. The standard InChI is InChI=1S/C22H23F3N2O3/c1-3-30-20(28)14(2)26-21(29)27-13-12-15-6-4-5-7-18(15)19(27)16-8-10-17(11-9-16)22(23,24)25/h4-11,14,19H,3,12-13H2,1-2H3,(H,26,29)/t14?,19-/m1/s1. The van der Waals surface area contributed by atoms with Crippen molar-refractivity contribution in [1.29, 1.82) is 0 Å². The minimum Gasteiger partial charge on any atom is -0.464 e. The number of hydrogen-bond donors (Lipinski definition) is 1. The molecule has 0 aliphatic carbocycles. The van der Waals surface area contributed by atoms with Crippen LogP contribution in [0.5, 0.6) is 0 Å². The van der Waals surface area contributed by atoms with Crippen LogP contribution < -0.4 is 5.32 Å². The van der Waals surface area contributed by atoms with E-state index < -0.39 is 35.8 Å². The van der Waals surface area contributed by atoms with Crippen molar-refractivity contribution in [3.8, 4) is 0 Å². The Morgan fingerprint density at radius 1 is 1.17 bits per heavy atom. The van der Waals surface area contributed by atoms with Gasteiger partial charge in [-0.1, -0.05) is 36.4 Å². The van der Waals surface area contributed by atoms with E-state index in [4.69, 9.17) is 4.74 Å². The molecule has 8 heteroatoms.